The van der Waals surface area contributed by atoms with E-state index in [1.54, 1.807) is 0 Å². The third-order valence-corrected chi connectivity index (χ3v) is 5.44. The van der Waals surface area contributed by atoms with Crippen LogP contribution in [-0.4, -0.2) is 6.04 Å². The van der Waals surface area contributed by atoms with Gasteiger partial charge in [-0.15, -0.1) is 0 Å². The Morgan fingerprint density at radius 3 is 2.25 bits per heavy atom. The molecule has 2 saturated carbocycles. The summed E-state index contributed by atoms with van der Waals surface area (Å²) in [4.78, 5) is 0. The van der Waals surface area contributed by atoms with Gasteiger partial charge in [-0.3, -0.25) is 11.3 Å². The second-order valence-electron chi connectivity index (χ2n) is 7.29. The normalized spacial score (nSPS) is 38.5. The number of nitrogens with one attached hydrogen (secondary N) is 1. The lowest BCUT2D eigenvalue weighted by Crippen LogP contribution is -2.45. The van der Waals surface area contributed by atoms with Crippen molar-refractivity contribution in [1.29, 1.82) is 0 Å². The van der Waals surface area contributed by atoms with E-state index in [1.165, 1.54) is 31.2 Å². The van der Waals surface area contributed by atoms with Crippen LogP contribution in [0.2, 0.25) is 0 Å². The second-order valence-corrected chi connectivity index (χ2v) is 7.29. The Morgan fingerprint density at radius 1 is 1.00 bits per heavy atom. The van der Waals surface area contributed by atoms with E-state index in [1.807, 2.05) is 0 Å². The number of rotatable bonds is 4. The van der Waals surface area contributed by atoms with Gasteiger partial charge in [0.2, 0.25) is 0 Å². The zero-order valence-corrected chi connectivity index (χ0v) is 12.8. The molecule has 5 unspecified atom stereocenters. The van der Waals surface area contributed by atoms with Crippen molar-refractivity contribution in [3.63, 3.8) is 0 Å². The zero-order valence-electron chi connectivity index (χ0n) is 12.8. The summed E-state index contributed by atoms with van der Waals surface area (Å²) in [6, 6.07) is 11.4. The van der Waals surface area contributed by atoms with E-state index in [4.69, 9.17) is 5.84 Å². The molecule has 2 nitrogen and oxygen atoms in total. The summed E-state index contributed by atoms with van der Waals surface area (Å²) in [5, 5.41) is 0. The highest BCUT2D eigenvalue weighted by Gasteiger charge is 2.47. The maximum atomic E-state index is 5.93. The van der Waals surface area contributed by atoms with Gasteiger partial charge in [-0.25, -0.2) is 0 Å². The summed E-state index contributed by atoms with van der Waals surface area (Å²) in [5.74, 6) is 9.86. The highest BCUT2D eigenvalue weighted by atomic mass is 15.2. The average Bonchev–Trinajstić information content (AvgIpc) is 3.20. The first-order valence-electron chi connectivity index (χ1n) is 8.20. The lowest BCUT2D eigenvalue weighted by molar-refractivity contribution is 0.164. The maximum Gasteiger partial charge on any atom is 0.0273 e. The fourth-order valence-electron chi connectivity index (χ4n) is 4.61. The summed E-state index contributed by atoms with van der Waals surface area (Å²) in [7, 11) is 0. The van der Waals surface area contributed by atoms with E-state index in [2.05, 4.69) is 49.6 Å². The van der Waals surface area contributed by atoms with Crippen LogP contribution in [0.5, 0.6) is 0 Å². The van der Waals surface area contributed by atoms with Gasteiger partial charge in [0.1, 0.15) is 0 Å². The van der Waals surface area contributed by atoms with Crippen LogP contribution in [0.15, 0.2) is 30.3 Å². The summed E-state index contributed by atoms with van der Waals surface area (Å²) >= 11 is 0. The van der Waals surface area contributed by atoms with E-state index >= 15 is 0 Å². The van der Waals surface area contributed by atoms with Crippen molar-refractivity contribution in [2.24, 2.45) is 29.5 Å². The minimum atomic E-state index is 0.505. The van der Waals surface area contributed by atoms with E-state index < -0.39 is 0 Å². The van der Waals surface area contributed by atoms with Crippen molar-refractivity contribution in [1.82, 2.24) is 5.43 Å². The van der Waals surface area contributed by atoms with Gasteiger partial charge in [0.05, 0.1) is 0 Å². The molecule has 0 aliphatic heterocycles. The predicted molar refractivity (Wildman–Crippen MR) is 84.1 cm³/mol. The van der Waals surface area contributed by atoms with Crippen LogP contribution in [0, 0.1) is 23.7 Å². The monoisotopic (exact) mass is 272 g/mol. The van der Waals surface area contributed by atoms with E-state index in [-0.39, 0.29) is 0 Å². The third-order valence-electron chi connectivity index (χ3n) is 5.44. The Labute approximate surface area is 123 Å². The van der Waals surface area contributed by atoms with Gasteiger partial charge in [-0.05, 0) is 60.8 Å². The maximum absolute atomic E-state index is 5.93. The molecule has 2 heteroatoms. The molecule has 2 aliphatic rings. The molecular formula is C18H28N2. The first-order valence-corrected chi connectivity index (χ1v) is 8.20. The molecule has 20 heavy (non-hydrogen) atoms. The molecule has 0 heterocycles. The zero-order chi connectivity index (χ0) is 14.1. The highest BCUT2D eigenvalue weighted by molar-refractivity contribution is 5.26. The van der Waals surface area contributed by atoms with Crippen molar-refractivity contribution in [2.45, 2.75) is 51.5 Å². The Bertz CT molecular complexity index is 420. The number of hydrogen-bond donors (Lipinski definition) is 2. The van der Waals surface area contributed by atoms with Crippen molar-refractivity contribution in [2.75, 3.05) is 0 Å². The number of nitrogens with two attached hydrogens (primary N) is 1. The fraction of sp³-hybridized carbons (Fsp3) is 0.667. The highest BCUT2D eigenvalue weighted by Crippen LogP contribution is 2.52. The van der Waals surface area contributed by atoms with Gasteiger partial charge in [0, 0.05) is 6.04 Å². The Morgan fingerprint density at radius 2 is 1.65 bits per heavy atom. The molecule has 1 aromatic rings. The van der Waals surface area contributed by atoms with Crippen LogP contribution in [0.25, 0.3) is 0 Å². The standard InChI is InChI=1S/C18H28N2/c1-12-8-13(2)10-15(9-12)18(20-19)17-11-16(17)14-6-4-3-5-7-14/h3-7,12-13,15-18,20H,8-11,19H2,1-2H3. The van der Waals surface area contributed by atoms with Crippen molar-refractivity contribution in [3.05, 3.63) is 35.9 Å². The van der Waals surface area contributed by atoms with E-state index in [0.29, 0.717) is 6.04 Å². The predicted octanol–water partition coefficient (Wildman–Crippen LogP) is 3.69. The molecule has 3 N–H and O–H groups in total. The average molecular weight is 272 g/mol. The van der Waals surface area contributed by atoms with Gasteiger partial charge in [0.25, 0.3) is 0 Å². The van der Waals surface area contributed by atoms with Crippen molar-refractivity contribution in [3.8, 4) is 0 Å². The van der Waals surface area contributed by atoms with Gasteiger partial charge in [-0.1, -0.05) is 44.2 Å². The first-order chi connectivity index (χ1) is 9.69. The summed E-state index contributed by atoms with van der Waals surface area (Å²) in [6.07, 6.45) is 5.38. The number of hydrogen-bond acceptors (Lipinski definition) is 2. The van der Waals surface area contributed by atoms with Crippen molar-refractivity contribution < 1.29 is 0 Å². The van der Waals surface area contributed by atoms with E-state index in [0.717, 1.165) is 29.6 Å². The SMILES string of the molecule is CC1CC(C)CC(C(NN)C2CC2c2ccccc2)C1. The van der Waals surface area contributed by atoms with Gasteiger partial charge < -0.3 is 0 Å². The van der Waals surface area contributed by atoms with Crippen LogP contribution >= 0.6 is 0 Å². The number of hydrazine groups is 1. The summed E-state index contributed by atoms with van der Waals surface area (Å²) in [6.45, 7) is 4.80. The molecule has 1 aromatic carbocycles. The fourth-order valence-corrected chi connectivity index (χ4v) is 4.61. The molecule has 110 valence electrons. The first kappa shape index (κ1) is 14.1. The molecule has 0 radical (unpaired) electrons. The van der Waals surface area contributed by atoms with Crippen LogP contribution in [-0.2, 0) is 0 Å². The molecule has 2 fully saturated rings. The molecule has 5 atom stereocenters. The van der Waals surface area contributed by atoms with Crippen LogP contribution in [0.4, 0.5) is 0 Å². The Kier molecular flexibility index (Phi) is 4.13. The van der Waals surface area contributed by atoms with Crippen LogP contribution in [0.3, 0.4) is 0 Å². The molecule has 0 saturated heterocycles. The topological polar surface area (TPSA) is 38.0 Å². The molecule has 2 aliphatic carbocycles. The minimum absolute atomic E-state index is 0.505. The second kappa shape index (κ2) is 5.87. The lowest BCUT2D eigenvalue weighted by atomic mass is 9.72. The Balaban J connectivity index is 1.66. The van der Waals surface area contributed by atoms with E-state index in [9.17, 15) is 0 Å². The molecule has 0 aromatic heterocycles. The largest absolute Gasteiger partial charge is 0.271 e. The van der Waals surface area contributed by atoms with Crippen LogP contribution < -0.4 is 11.3 Å². The van der Waals surface area contributed by atoms with Gasteiger partial charge in [-0.2, -0.15) is 0 Å². The molecule has 0 spiro atoms. The molecule has 0 amide bonds. The number of benzene rings is 1. The smallest absolute Gasteiger partial charge is 0.0273 e. The third kappa shape index (κ3) is 2.91. The van der Waals surface area contributed by atoms with Crippen molar-refractivity contribution >= 4 is 0 Å². The Hall–Kier alpha value is -0.860. The van der Waals surface area contributed by atoms with Gasteiger partial charge in [0.15, 0.2) is 0 Å². The minimum Gasteiger partial charge on any atom is -0.271 e. The van der Waals surface area contributed by atoms with Gasteiger partial charge >= 0.3 is 0 Å². The summed E-state index contributed by atoms with van der Waals surface area (Å²) in [5.41, 5.74) is 4.67. The molecule has 0 bridgehead atoms. The molecular weight excluding hydrogens is 244 g/mol. The van der Waals surface area contributed by atoms with Crippen LogP contribution in [0.1, 0.15) is 51.0 Å². The quantitative estimate of drug-likeness (QED) is 0.648. The lowest BCUT2D eigenvalue weighted by Gasteiger charge is -2.36. The summed E-state index contributed by atoms with van der Waals surface area (Å²) < 4.78 is 0. The molecule has 3 rings (SSSR count).